The molecule has 35 heavy (non-hydrogen) atoms. The molecule has 9 heteroatoms. The lowest BCUT2D eigenvalue weighted by molar-refractivity contribution is -0.120. The van der Waals surface area contributed by atoms with Crippen LogP contribution in [-0.4, -0.2) is 26.7 Å². The second-order valence-electron chi connectivity index (χ2n) is 7.81. The molecule has 1 atom stereocenters. The molecule has 0 aliphatic carbocycles. The van der Waals surface area contributed by atoms with Crippen molar-refractivity contribution in [2.45, 2.75) is 12.6 Å². The molecule has 0 fully saturated rings. The van der Waals surface area contributed by atoms with Gasteiger partial charge in [-0.05, 0) is 47.5 Å². The number of pyridine rings is 1. The van der Waals surface area contributed by atoms with Crippen LogP contribution in [0.3, 0.4) is 0 Å². The molecule has 7 nitrogen and oxygen atoms in total. The van der Waals surface area contributed by atoms with Gasteiger partial charge in [0.05, 0.1) is 0 Å². The van der Waals surface area contributed by atoms with Gasteiger partial charge in [-0.3, -0.25) is 14.9 Å². The Morgan fingerprint density at radius 3 is 2.69 bits per heavy atom. The Labute approximate surface area is 204 Å². The van der Waals surface area contributed by atoms with E-state index in [1.54, 1.807) is 42.0 Å². The molecular formula is C26H18FN5O2S. The number of amides is 2. The van der Waals surface area contributed by atoms with Crippen molar-refractivity contribution in [1.82, 2.24) is 14.9 Å². The average Bonchev–Trinajstić information content (AvgIpc) is 3.47. The minimum atomic E-state index is -1.04. The van der Waals surface area contributed by atoms with Crippen molar-refractivity contribution in [1.29, 1.82) is 0 Å². The molecule has 3 heterocycles. The first kappa shape index (κ1) is 22.3. The number of hydrogen-bond acceptors (Lipinski definition) is 6. The van der Waals surface area contributed by atoms with Gasteiger partial charge in [-0.1, -0.05) is 30.0 Å². The molecule has 0 radical (unpaired) electrons. The summed E-state index contributed by atoms with van der Waals surface area (Å²) in [5.74, 6) is 5.14. The molecule has 2 amide bonds. The zero-order valence-electron chi connectivity index (χ0n) is 18.2. The van der Waals surface area contributed by atoms with Crippen molar-refractivity contribution < 1.29 is 14.0 Å². The van der Waals surface area contributed by atoms with Crippen molar-refractivity contribution in [2.24, 2.45) is 0 Å². The maximum absolute atomic E-state index is 14.0. The van der Waals surface area contributed by atoms with Crippen LogP contribution in [0.15, 0.2) is 72.4 Å². The number of benzene rings is 2. The standard InChI is InChI=1S/C26H18FN5O2S/c27-20-3-1-2-18(13-20)23(24(33)31-26-29-10-11-35-26)32-15-19-8-6-16(12-21(19)25(32)34)4-5-17-7-9-22(28)30-14-17/h1-3,6-14,23H,15H2,(H2,28,30)(H,29,31,33). The summed E-state index contributed by atoms with van der Waals surface area (Å²) in [7, 11) is 0. The van der Waals surface area contributed by atoms with Gasteiger partial charge in [-0.25, -0.2) is 14.4 Å². The summed E-state index contributed by atoms with van der Waals surface area (Å²) < 4.78 is 14.0. The van der Waals surface area contributed by atoms with Gasteiger partial charge in [0.15, 0.2) is 5.13 Å². The van der Waals surface area contributed by atoms with Crippen molar-refractivity contribution in [3.05, 3.63) is 106 Å². The Balaban J connectivity index is 1.45. The Morgan fingerprint density at radius 1 is 1.11 bits per heavy atom. The first-order chi connectivity index (χ1) is 17.0. The summed E-state index contributed by atoms with van der Waals surface area (Å²) in [6.45, 7) is 0.205. The van der Waals surface area contributed by atoms with E-state index in [0.29, 0.717) is 33.2 Å². The number of carbonyl (C=O) groups is 2. The summed E-state index contributed by atoms with van der Waals surface area (Å²) in [4.78, 5) is 36.2. The van der Waals surface area contributed by atoms with Crippen molar-refractivity contribution in [2.75, 3.05) is 11.1 Å². The Kier molecular flexibility index (Phi) is 5.95. The second kappa shape index (κ2) is 9.37. The number of aromatic nitrogens is 2. The molecule has 172 valence electrons. The number of halogens is 1. The van der Waals surface area contributed by atoms with Crippen LogP contribution >= 0.6 is 11.3 Å². The smallest absolute Gasteiger partial charge is 0.255 e. The molecule has 0 saturated carbocycles. The molecule has 1 aliphatic rings. The SMILES string of the molecule is Nc1ccc(C#Cc2ccc3c(c2)C(=O)N(C(C(=O)Nc2nccs2)c2cccc(F)c2)C3)cn1. The highest BCUT2D eigenvalue weighted by atomic mass is 32.1. The normalized spacial score (nSPS) is 13.1. The summed E-state index contributed by atoms with van der Waals surface area (Å²) >= 11 is 1.26. The van der Waals surface area contributed by atoms with E-state index in [4.69, 9.17) is 5.73 Å². The fourth-order valence-corrected chi connectivity index (χ4v) is 4.37. The largest absolute Gasteiger partial charge is 0.384 e. The Hall–Kier alpha value is -4.55. The van der Waals surface area contributed by atoms with E-state index >= 15 is 0 Å². The number of nitrogens with one attached hydrogen (secondary N) is 1. The van der Waals surface area contributed by atoms with Crippen LogP contribution in [0, 0.1) is 17.7 Å². The third-order valence-electron chi connectivity index (χ3n) is 5.47. The van der Waals surface area contributed by atoms with Gasteiger partial charge in [0, 0.05) is 41.0 Å². The first-order valence-electron chi connectivity index (χ1n) is 10.6. The van der Waals surface area contributed by atoms with Crippen molar-refractivity contribution in [3.63, 3.8) is 0 Å². The molecule has 2 aromatic carbocycles. The zero-order chi connectivity index (χ0) is 24.4. The third kappa shape index (κ3) is 4.74. The van der Waals surface area contributed by atoms with Gasteiger partial charge in [-0.15, -0.1) is 11.3 Å². The average molecular weight is 484 g/mol. The maximum atomic E-state index is 14.0. The Bertz CT molecular complexity index is 1480. The number of anilines is 2. The number of rotatable bonds is 4. The van der Waals surface area contributed by atoms with Crippen molar-refractivity contribution >= 4 is 34.1 Å². The van der Waals surface area contributed by atoms with Gasteiger partial charge in [0.1, 0.15) is 17.7 Å². The quantitative estimate of drug-likeness (QED) is 0.428. The lowest BCUT2D eigenvalue weighted by Gasteiger charge is -2.27. The van der Waals surface area contributed by atoms with Gasteiger partial charge in [-0.2, -0.15) is 0 Å². The lowest BCUT2D eigenvalue weighted by Crippen LogP contribution is -2.37. The van der Waals surface area contributed by atoms with E-state index in [9.17, 15) is 14.0 Å². The van der Waals surface area contributed by atoms with E-state index in [2.05, 4.69) is 27.1 Å². The van der Waals surface area contributed by atoms with E-state index in [1.807, 2.05) is 12.1 Å². The predicted molar refractivity (Wildman–Crippen MR) is 131 cm³/mol. The fraction of sp³-hybridized carbons (Fsp3) is 0.0769. The number of thiazole rings is 1. The van der Waals surface area contributed by atoms with Crippen LogP contribution < -0.4 is 11.1 Å². The molecule has 0 spiro atoms. The summed E-state index contributed by atoms with van der Waals surface area (Å²) in [6.07, 6.45) is 3.14. The van der Waals surface area contributed by atoms with Crippen LogP contribution in [0.2, 0.25) is 0 Å². The van der Waals surface area contributed by atoms with E-state index in [-0.39, 0.29) is 12.5 Å². The third-order valence-corrected chi connectivity index (χ3v) is 6.15. The highest BCUT2D eigenvalue weighted by Gasteiger charge is 2.38. The Morgan fingerprint density at radius 2 is 1.94 bits per heavy atom. The number of hydrogen-bond donors (Lipinski definition) is 2. The molecule has 1 unspecified atom stereocenters. The summed E-state index contributed by atoms with van der Waals surface area (Å²) in [5, 5.41) is 4.86. The number of carbonyl (C=O) groups excluding carboxylic acids is 2. The van der Waals surface area contributed by atoms with Crippen LogP contribution in [0.5, 0.6) is 0 Å². The van der Waals surface area contributed by atoms with Gasteiger partial charge < -0.3 is 10.6 Å². The molecule has 2 aromatic heterocycles. The van der Waals surface area contributed by atoms with E-state index in [1.165, 1.54) is 34.4 Å². The number of fused-ring (bicyclic) bond motifs is 1. The highest BCUT2D eigenvalue weighted by molar-refractivity contribution is 7.13. The highest BCUT2D eigenvalue weighted by Crippen LogP contribution is 2.33. The van der Waals surface area contributed by atoms with Crippen molar-refractivity contribution in [3.8, 4) is 11.8 Å². The summed E-state index contributed by atoms with van der Waals surface area (Å²) in [6, 6.07) is 13.4. The second-order valence-corrected chi connectivity index (χ2v) is 8.71. The molecule has 3 N–H and O–H groups in total. The van der Waals surface area contributed by atoms with Gasteiger partial charge >= 0.3 is 0 Å². The predicted octanol–water partition coefficient (Wildman–Crippen LogP) is 4.00. The minimum Gasteiger partial charge on any atom is -0.384 e. The van der Waals surface area contributed by atoms with Crippen LogP contribution in [0.1, 0.15) is 38.7 Å². The van der Waals surface area contributed by atoms with Crippen LogP contribution in [0.4, 0.5) is 15.3 Å². The maximum Gasteiger partial charge on any atom is 0.255 e. The van der Waals surface area contributed by atoms with Gasteiger partial charge in [0.25, 0.3) is 11.8 Å². The van der Waals surface area contributed by atoms with E-state index < -0.39 is 17.8 Å². The zero-order valence-corrected chi connectivity index (χ0v) is 19.1. The monoisotopic (exact) mass is 483 g/mol. The lowest BCUT2D eigenvalue weighted by atomic mass is 10.0. The molecule has 0 bridgehead atoms. The molecular weight excluding hydrogens is 465 g/mol. The summed E-state index contributed by atoms with van der Waals surface area (Å²) in [5.41, 5.74) is 8.53. The van der Waals surface area contributed by atoms with Crippen LogP contribution in [-0.2, 0) is 11.3 Å². The number of nitrogens with two attached hydrogens (primary N) is 1. The molecule has 5 rings (SSSR count). The van der Waals surface area contributed by atoms with Crippen LogP contribution in [0.25, 0.3) is 0 Å². The molecule has 0 saturated heterocycles. The van der Waals surface area contributed by atoms with E-state index in [0.717, 1.165) is 5.56 Å². The number of nitrogens with zero attached hydrogens (tertiary/aromatic N) is 3. The minimum absolute atomic E-state index is 0.205. The number of nitrogen functional groups attached to an aromatic ring is 1. The molecule has 1 aliphatic heterocycles. The molecule has 4 aromatic rings. The first-order valence-corrected chi connectivity index (χ1v) is 11.5. The topological polar surface area (TPSA) is 101 Å². The van der Waals surface area contributed by atoms with Gasteiger partial charge in [0.2, 0.25) is 0 Å². The fourth-order valence-electron chi connectivity index (χ4n) is 3.84.